The molecule has 1 fully saturated rings. The van der Waals surface area contributed by atoms with Crippen LogP contribution in [0.3, 0.4) is 0 Å². The lowest BCUT2D eigenvalue weighted by atomic mass is 9.80. The molecule has 1 amide bonds. The van der Waals surface area contributed by atoms with Crippen molar-refractivity contribution in [2.75, 3.05) is 13.2 Å². The largest absolute Gasteiger partial charge is 0.481 e. The minimum atomic E-state index is -0.731. The van der Waals surface area contributed by atoms with Crippen LogP contribution in [0.25, 0.3) is 5.82 Å². The van der Waals surface area contributed by atoms with Gasteiger partial charge in [-0.3, -0.25) is 9.59 Å². The number of carbonyl (C=O) groups is 2. The number of ether oxygens (including phenoxy) is 1. The van der Waals surface area contributed by atoms with Crippen molar-refractivity contribution in [3.63, 3.8) is 0 Å². The van der Waals surface area contributed by atoms with Gasteiger partial charge in [-0.25, -0.2) is 9.36 Å². The monoisotopic (exact) mass is 391 g/mol. The van der Waals surface area contributed by atoms with Crippen molar-refractivity contribution >= 4 is 11.9 Å². The molecule has 0 bridgehead atoms. The van der Waals surface area contributed by atoms with Gasteiger partial charge in [-0.15, -0.1) is 10.2 Å². The number of aromatic nitrogens is 6. The van der Waals surface area contributed by atoms with Gasteiger partial charge in [-0.05, 0) is 37.5 Å². The number of aliphatic carboxylic acids is 1. The van der Waals surface area contributed by atoms with E-state index in [0.717, 1.165) is 25.7 Å². The second-order valence-corrected chi connectivity index (χ2v) is 7.15. The standard InChI is InChI=1S/C17H25N7O4/c1-23-16(8-19-21-23)24-9-14(20-22-24)10-28-11-15(25)18-7-13-4-2-12(3-5-13)6-17(26)27/h8-9,12-13H,2-7,10-11H2,1H3,(H,18,25)(H,26,27). The van der Waals surface area contributed by atoms with E-state index < -0.39 is 5.97 Å². The number of nitrogens with zero attached hydrogens (tertiary/aromatic N) is 6. The maximum Gasteiger partial charge on any atom is 0.303 e. The van der Waals surface area contributed by atoms with E-state index in [0.29, 0.717) is 24.0 Å². The number of rotatable bonds is 9. The lowest BCUT2D eigenvalue weighted by molar-refractivity contribution is -0.138. The third-order valence-corrected chi connectivity index (χ3v) is 4.97. The number of carbonyl (C=O) groups excluding carboxylic acids is 1. The molecule has 11 nitrogen and oxygen atoms in total. The first-order valence-electron chi connectivity index (χ1n) is 9.33. The Balaban J connectivity index is 1.32. The first-order valence-corrected chi connectivity index (χ1v) is 9.33. The summed E-state index contributed by atoms with van der Waals surface area (Å²) in [6.45, 7) is 0.735. The van der Waals surface area contributed by atoms with E-state index in [2.05, 4.69) is 25.9 Å². The molecule has 1 saturated carbocycles. The summed E-state index contributed by atoms with van der Waals surface area (Å²) in [6, 6.07) is 0. The molecule has 2 heterocycles. The summed E-state index contributed by atoms with van der Waals surface area (Å²) >= 11 is 0. The van der Waals surface area contributed by atoms with Crippen molar-refractivity contribution in [3.05, 3.63) is 18.1 Å². The highest BCUT2D eigenvalue weighted by molar-refractivity contribution is 5.77. The van der Waals surface area contributed by atoms with Crippen molar-refractivity contribution in [1.29, 1.82) is 0 Å². The Kier molecular flexibility index (Phi) is 6.69. The molecule has 0 saturated heterocycles. The number of carboxylic acid groups (broad SMARTS) is 1. The average Bonchev–Trinajstić information content (AvgIpc) is 3.29. The van der Waals surface area contributed by atoms with E-state index in [9.17, 15) is 9.59 Å². The Labute approximate surface area is 162 Å². The zero-order valence-corrected chi connectivity index (χ0v) is 15.8. The molecule has 11 heteroatoms. The lowest BCUT2D eigenvalue weighted by Gasteiger charge is -2.27. The molecule has 0 aromatic carbocycles. The van der Waals surface area contributed by atoms with Gasteiger partial charge < -0.3 is 15.2 Å². The van der Waals surface area contributed by atoms with Crippen LogP contribution >= 0.6 is 0 Å². The highest BCUT2D eigenvalue weighted by atomic mass is 16.5. The predicted molar refractivity (Wildman–Crippen MR) is 96.3 cm³/mol. The van der Waals surface area contributed by atoms with E-state index in [1.54, 1.807) is 28.8 Å². The fraction of sp³-hybridized carbons (Fsp3) is 0.647. The molecule has 2 aromatic heterocycles. The van der Waals surface area contributed by atoms with Crippen LogP contribution in [-0.2, 0) is 28.0 Å². The fourth-order valence-electron chi connectivity index (χ4n) is 3.41. The van der Waals surface area contributed by atoms with Gasteiger partial charge in [0.2, 0.25) is 5.91 Å². The van der Waals surface area contributed by atoms with E-state index in [1.807, 2.05) is 0 Å². The SMILES string of the molecule is Cn1nncc1-n1cc(COCC(=O)NCC2CCC(CC(=O)O)CC2)nn1. The third-order valence-electron chi connectivity index (χ3n) is 4.97. The molecule has 1 aliphatic carbocycles. The van der Waals surface area contributed by atoms with Crippen LogP contribution in [0.4, 0.5) is 0 Å². The topological polar surface area (TPSA) is 137 Å². The van der Waals surface area contributed by atoms with Gasteiger partial charge in [-0.1, -0.05) is 10.4 Å². The number of nitrogens with one attached hydrogen (secondary N) is 1. The molecule has 0 radical (unpaired) electrons. The number of amides is 1. The maximum absolute atomic E-state index is 11.9. The predicted octanol–water partition coefficient (Wildman–Crippen LogP) is 0.310. The molecule has 152 valence electrons. The quantitative estimate of drug-likeness (QED) is 0.623. The van der Waals surface area contributed by atoms with Crippen LogP contribution in [0.5, 0.6) is 0 Å². The molecule has 28 heavy (non-hydrogen) atoms. The second-order valence-electron chi connectivity index (χ2n) is 7.15. The molecule has 0 aliphatic heterocycles. The maximum atomic E-state index is 11.9. The van der Waals surface area contributed by atoms with E-state index in [1.165, 1.54) is 0 Å². The Morgan fingerprint density at radius 2 is 2.00 bits per heavy atom. The first kappa shape index (κ1) is 19.9. The number of hydrogen-bond acceptors (Lipinski definition) is 7. The van der Waals surface area contributed by atoms with Crippen molar-refractivity contribution in [1.82, 2.24) is 35.3 Å². The summed E-state index contributed by atoms with van der Waals surface area (Å²) in [7, 11) is 1.75. The summed E-state index contributed by atoms with van der Waals surface area (Å²) in [4.78, 5) is 22.7. The van der Waals surface area contributed by atoms with E-state index in [4.69, 9.17) is 9.84 Å². The summed E-state index contributed by atoms with van der Waals surface area (Å²) in [5.41, 5.74) is 0.603. The Bertz CT molecular complexity index is 795. The molecule has 3 rings (SSSR count). The van der Waals surface area contributed by atoms with Gasteiger partial charge >= 0.3 is 5.97 Å². The molecular formula is C17H25N7O4. The third kappa shape index (κ3) is 5.59. The van der Waals surface area contributed by atoms with Crippen LogP contribution in [0.2, 0.25) is 0 Å². The van der Waals surface area contributed by atoms with E-state index >= 15 is 0 Å². The van der Waals surface area contributed by atoms with Crippen LogP contribution < -0.4 is 5.32 Å². The normalized spacial score (nSPS) is 19.5. The fourth-order valence-corrected chi connectivity index (χ4v) is 3.41. The summed E-state index contributed by atoms with van der Waals surface area (Å²) < 4.78 is 8.52. The highest BCUT2D eigenvalue weighted by Crippen LogP contribution is 2.30. The van der Waals surface area contributed by atoms with Crippen molar-refractivity contribution in [2.24, 2.45) is 18.9 Å². The number of aryl methyl sites for hydroxylation is 1. The van der Waals surface area contributed by atoms with Gasteiger partial charge in [0.15, 0.2) is 5.82 Å². The highest BCUT2D eigenvalue weighted by Gasteiger charge is 2.23. The van der Waals surface area contributed by atoms with Crippen LogP contribution in [0, 0.1) is 11.8 Å². The Morgan fingerprint density at radius 1 is 1.25 bits per heavy atom. The zero-order chi connectivity index (χ0) is 19.9. The molecule has 0 spiro atoms. The summed E-state index contributed by atoms with van der Waals surface area (Å²) in [5, 5.41) is 27.3. The van der Waals surface area contributed by atoms with Crippen molar-refractivity contribution in [3.8, 4) is 5.82 Å². The smallest absolute Gasteiger partial charge is 0.303 e. The van der Waals surface area contributed by atoms with Gasteiger partial charge in [-0.2, -0.15) is 0 Å². The second kappa shape index (κ2) is 9.40. The Morgan fingerprint density at radius 3 is 2.68 bits per heavy atom. The summed E-state index contributed by atoms with van der Waals surface area (Å²) in [5.74, 6) is 0.445. The van der Waals surface area contributed by atoms with Gasteiger partial charge in [0, 0.05) is 20.0 Å². The molecular weight excluding hydrogens is 366 g/mol. The van der Waals surface area contributed by atoms with Crippen molar-refractivity contribution < 1.29 is 19.4 Å². The van der Waals surface area contributed by atoms with Crippen LogP contribution in [-0.4, -0.2) is 60.1 Å². The van der Waals surface area contributed by atoms with Crippen LogP contribution in [0.15, 0.2) is 12.4 Å². The lowest BCUT2D eigenvalue weighted by Crippen LogP contribution is -2.33. The molecule has 2 N–H and O–H groups in total. The van der Waals surface area contributed by atoms with Crippen LogP contribution in [0.1, 0.15) is 37.8 Å². The summed E-state index contributed by atoms with van der Waals surface area (Å²) in [6.07, 6.45) is 7.23. The zero-order valence-electron chi connectivity index (χ0n) is 15.8. The molecule has 1 aliphatic rings. The first-order chi connectivity index (χ1) is 13.5. The van der Waals surface area contributed by atoms with Crippen molar-refractivity contribution in [2.45, 2.75) is 38.7 Å². The minimum absolute atomic E-state index is 0.0471. The molecule has 0 atom stereocenters. The van der Waals surface area contributed by atoms with E-state index in [-0.39, 0.29) is 31.5 Å². The number of hydrogen-bond donors (Lipinski definition) is 2. The average molecular weight is 391 g/mol. The Hall–Kier alpha value is -2.82. The molecule has 0 unspecified atom stereocenters. The number of carboxylic acids is 1. The minimum Gasteiger partial charge on any atom is -0.481 e. The molecule has 2 aromatic rings. The van der Waals surface area contributed by atoms with Gasteiger partial charge in [0.05, 0.1) is 19.0 Å². The van der Waals surface area contributed by atoms with Gasteiger partial charge in [0.1, 0.15) is 12.3 Å². The van der Waals surface area contributed by atoms with Gasteiger partial charge in [0.25, 0.3) is 0 Å².